The highest BCUT2D eigenvalue weighted by Crippen LogP contribution is 2.25. The fourth-order valence-electron chi connectivity index (χ4n) is 1.98. The summed E-state index contributed by atoms with van der Waals surface area (Å²) in [6.45, 7) is 1.91. The first-order valence-corrected chi connectivity index (χ1v) is 6.59. The molecule has 1 aromatic rings. The molecule has 2 rings (SSSR count). The topological polar surface area (TPSA) is 66.9 Å². The fraction of sp³-hybridized carbons (Fsp3) is 0.545. The van der Waals surface area contributed by atoms with Crippen LogP contribution in [-0.4, -0.2) is 29.0 Å². The van der Waals surface area contributed by atoms with Gasteiger partial charge in [0.15, 0.2) is 11.0 Å². The van der Waals surface area contributed by atoms with E-state index in [0.29, 0.717) is 12.3 Å². The van der Waals surface area contributed by atoms with Gasteiger partial charge in [0.05, 0.1) is 0 Å². The average molecular weight is 289 g/mol. The van der Waals surface area contributed by atoms with Crippen molar-refractivity contribution >= 4 is 34.9 Å². The van der Waals surface area contributed by atoms with Gasteiger partial charge in [-0.1, -0.05) is 23.2 Å². The average Bonchev–Trinajstić information content (AvgIpc) is 2.36. The molecule has 1 aliphatic heterocycles. The molecule has 1 unspecified atom stereocenters. The predicted octanol–water partition coefficient (Wildman–Crippen LogP) is 2.11. The van der Waals surface area contributed by atoms with Crippen LogP contribution in [0.3, 0.4) is 0 Å². The summed E-state index contributed by atoms with van der Waals surface area (Å²) in [4.78, 5) is 19.5. The first-order valence-electron chi connectivity index (χ1n) is 5.83. The highest BCUT2D eigenvalue weighted by Gasteiger charge is 2.18. The summed E-state index contributed by atoms with van der Waals surface area (Å²) in [7, 11) is 0. The zero-order valence-electron chi connectivity index (χ0n) is 9.75. The van der Waals surface area contributed by atoms with Crippen LogP contribution in [0, 0.1) is 5.92 Å². The van der Waals surface area contributed by atoms with Crippen LogP contribution in [-0.2, 0) is 4.79 Å². The Bertz CT molecular complexity index is 435. The summed E-state index contributed by atoms with van der Waals surface area (Å²) < 4.78 is 0. The van der Waals surface area contributed by atoms with E-state index in [1.807, 2.05) is 0 Å². The van der Waals surface area contributed by atoms with Crippen LogP contribution in [0.5, 0.6) is 0 Å². The third-order valence-corrected chi connectivity index (χ3v) is 3.62. The normalized spacial score (nSPS) is 19.6. The molecular weight excluding hydrogens is 275 g/mol. The third kappa shape index (κ3) is 3.54. The third-order valence-electron chi connectivity index (χ3n) is 2.88. The molecule has 0 saturated carbocycles. The van der Waals surface area contributed by atoms with E-state index in [9.17, 15) is 4.79 Å². The van der Waals surface area contributed by atoms with Crippen LogP contribution < -0.4 is 10.6 Å². The number of carbonyl (C=O) groups excluding carboxylic acids is 1. The van der Waals surface area contributed by atoms with Gasteiger partial charge in [0, 0.05) is 6.42 Å². The summed E-state index contributed by atoms with van der Waals surface area (Å²) in [5.74, 6) is 0.542. The van der Waals surface area contributed by atoms with Crippen molar-refractivity contribution < 1.29 is 4.79 Å². The second kappa shape index (κ2) is 6.31. The number of nitrogens with one attached hydrogen (secondary N) is 2. The Morgan fingerprint density at radius 3 is 3.06 bits per heavy atom. The second-order valence-corrected chi connectivity index (χ2v) is 5.03. The molecule has 1 saturated heterocycles. The van der Waals surface area contributed by atoms with Crippen molar-refractivity contribution in [1.29, 1.82) is 0 Å². The van der Waals surface area contributed by atoms with Gasteiger partial charge in [-0.3, -0.25) is 4.79 Å². The Balaban J connectivity index is 1.92. The van der Waals surface area contributed by atoms with Crippen molar-refractivity contribution in [2.45, 2.75) is 19.3 Å². The number of anilines is 1. The van der Waals surface area contributed by atoms with E-state index in [-0.39, 0.29) is 21.9 Å². The molecule has 5 nitrogen and oxygen atoms in total. The maximum atomic E-state index is 11.8. The van der Waals surface area contributed by atoms with E-state index < -0.39 is 0 Å². The number of halogens is 2. The van der Waals surface area contributed by atoms with E-state index in [1.165, 1.54) is 6.33 Å². The molecule has 1 fully saturated rings. The van der Waals surface area contributed by atoms with E-state index in [4.69, 9.17) is 23.2 Å². The largest absolute Gasteiger partial charge is 0.316 e. The lowest BCUT2D eigenvalue weighted by atomic mass is 9.96. The van der Waals surface area contributed by atoms with E-state index in [2.05, 4.69) is 20.6 Å². The number of carbonyl (C=O) groups is 1. The molecule has 1 aromatic heterocycles. The number of piperidine rings is 1. The Morgan fingerprint density at radius 1 is 1.50 bits per heavy atom. The van der Waals surface area contributed by atoms with Crippen molar-refractivity contribution in [3.05, 3.63) is 16.5 Å². The maximum absolute atomic E-state index is 11.8. The highest BCUT2D eigenvalue weighted by molar-refractivity contribution is 6.42. The van der Waals surface area contributed by atoms with Crippen molar-refractivity contribution in [2.75, 3.05) is 18.4 Å². The Kier molecular flexibility index (Phi) is 4.74. The van der Waals surface area contributed by atoms with Crippen LogP contribution in [0.25, 0.3) is 0 Å². The number of hydrogen-bond donors (Lipinski definition) is 2. The number of hydrogen-bond acceptors (Lipinski definition) is 4. The lowest BCUT2D eigenvalue weighted by molar-refractivity contribution is -0.117. The van der Waals surface area contributed by atoms with Gasteiger partial charge in [-0.25, -0.2) is 9.97 Å². The van der Waals surface area contributed by atoms with Crippen molar-refractivity contribution in [3.63, 3.8) is 0 Å². The van der Waals surface area contributed by atoms with Gasteiger partial charge in [0.25, 0.3) is 0 Å². The number of aromatic nitrogens is 2. The zero-order valence-corrected chi connectivity index (χ0v) is 11.3. The van der Waals surface area contributed by atoms with E-state index >= 15 is 0 Å². The van der Waals surface area contributed by atoms with Crippen LogP contribution in [0.1, 0.15) is 19.3 Å². The highest BCUT2D eigenvalue weighted by atomic mass is 35.5. The van der Waals surface area contributed by atoms with Crippen LogP contribution in [0.4, 0.5) is 5.82 Å². The molecule has 1 atom stereocenters. The van der Waals surface area contributed by atoms with E-state index in [0.717, 1.165) is 25.9 Å². The Morgan fingerprint density at radius 2 is 2.33 bits per heavy atom. The molecule has 1 amide bonds. The second-order valence-electron chi connectivity index (χ2n) is 4.29. The molecule has 0 spiro atoms. The van der Waals surface area contributed by atoms with Crippen molar-refractivity contribution in [1.82, 2.24) is 15.3 Å². The monoisotopic (exact) mass is 288 g/mol. The molecular formula is C11H14Cl2N4O. The standard InChI is InChI=1S/C11H14Cl2N4O/c12-9-10(13)15-6-16-11(9)17-8(18)4-7-2-1-3-14-5-7/h6-7,14H,1-5H2,(H,15,16,17,18). The summed E-state index contributed by atoms with van der Waals surface area (Å²) >= 11 is 11.6. The number of rotatable bonds is 3. The quantitative estimate of drug-likeness (QED) is 0.836. The van der Waals surface area contributed by atoms with Gasteiger partial charge in [0.2, 0.25) is 5.91 Å². The van der Waals surface area contributed by atoms with Gasteiger partial charge in [-0.15, -0.1) is 0 Å². The molecule has 0 aromatic carbocycles. The molecule has 2 heterocycles. The number of nitrogens with zero attached hydrogens (tertiary/aromatic N) is 2. The first kappa shape index (κ1) is 13.5. The summed E-state index contributed by atoms with van der Waals surface area (Å²) in [6, 6.07) is 0. The predicted molar refractivity (Wildman–Crippen MR) is 70.9 cm³/mol. The molecule has 7 heteroatoms. The summed E-state index contributed by atoms with van der Waals surface area (Å²) in [5.41, 5.74) is 0. The van der Waals surface area contributed by atoms with Gasteiger partial charge in [0.1, 0.15) is 11.3 Å². The van der Waals surface area contributed by atoms with Gasteiger partial charge < -0.3 is 10.6 Å². The molecule has 1 aliphatic rings. The minimum atomic E-state index is -0.0969. The van der Waals surface area contributed by atoms with Crippen molar-refractivity contribution in [2.24, 2.45) is 5.92 Å². The zero-order chi connectivity index (χ0) is 13.0. The van der Waals surface area contributed by atoms with Crippen LogP contribution in [0.15, 0.2) is 6.33 Å². The fourth-order valence-corrected chi connectivity index (χ4v) is 2.26. The Hall–Kier alpha value is -0.910. The summed E-state index contributed by atoms with van der Waals surface area (Å²) in [5, 5.41) is 6.25. The summed E-state index contributed by atoms with van der Waals surface area (Å²) in [6.07, 6.45) is 3.91. The van der Waals surface area contributed by atoms with E-state index in [1.54, 1.807) is 0 Å². The SMILES string of the molecule is O=C(CC1CCCNC1)Nc1ncnc(Cl)c1Cl. The van der Waals surface area contributed by atoms with Crippen molar-refractivity contribution in [3.8, 4) is 0 Å². The Labute approximate surface area is 115 Å². The van der Waals surface area contributed by atoms with Crippen LogP contribution >= 0.6 is 23.2 Å². The maximum Gasteiger partial charge on any atom is 0.225 e. The molecule has 98 valence electrons. The molecule has 0 radical (unpaired) electrons. The van der Waals surface area contributed by atoms with Gasteiger partial charge in [-0.2, -0.15) is 0 Å². The minimum absolute atomic E-state index is 0.0969. The molecule has 0 bridgehead atoms. The number of amides is 1. The van der Waals surface area contributed by atoms with Gasteiger partial charge >= 0.3 is 0 Å². The molecule has 0 aliphatic carbocycles. The lowest BCUT2D eigenvalue weighted by Gasteiger charge is -2.22. The van der Waals surface area contributed by atoms with Crippen LogP contribution in [0.2, 0.25) is 10.2 Å². The molecule has 18 heavy (non-hydrogen) atoms. The lowest BCUT2D eigenvalue weighted by Crippen LogP contribution is -2.32. The molecule has 2 N–H and O–H groups in total. The minimum Gasteiger partial charge on any atom is -0.316 e. The smallest absolute Gasteiger partial charge is 0.225 e. The van der Waals surface area contributed by atoms with Gasteiger partial charge in [-0.05, 0) is 31.8 Å². The first-order chi connectivity index (χ1) is 8.66.